The van der Waals surface area contributed by atoms with Gasteiger partial charge < -0.3 is 8.80 Å². The molecular formula is C55H34N2S. The van der Waals surface area contributed by atoms with Crippen LogP contribution in [0.15, 0.2) is 176 Å². The Balaban J connectivity index is 1.17. The fraction of sp³-hybridized carbons (Fsp3) is 0.0182. The molecule has 0 aliphatic heterocycles. The second-order valence-electron chi connectivity index (χ2n) is 15.5. The van der Waals surface area contributed by atoms with Gasteiger partial charge in [-0.3, -0.25) is 0 Å². The molecule has 0 unspecified atom stereocenters. The van der Waals surface area contributed by atoms with E-state index in [0.29, 0.717) is 0 Å². The summed E-state index contributed by atoms with van der Waals surface area (Å²) >= 11 is 1.92. The monoisotopic (exact) mass is 754 g/mol. The SMILES string of the molecule is C/C=c1\c(=C/c2cc3cccc4c5ccccc5n2c34)c2cc3c4ccccc4sc3c3c4cc(-c5c(-c6ccccc6)cccc5-c5ccccc5)ccc4n1c23. The van der Waals surface area contributed by atoms with Gasteiger partial charge in [-0.25, -0.2) is 0 Å². The Morgan fingerprint density at radius 1 is 0.466 bits per heavy atom. The predicted octanol–water partition coefficient (Wildman–Crippen LogP) is 13.7. The summed E-state index contributed by atoms with van der Waals surface area (Å²) in [5.74, 6) is 0. The largest absolute Gasteiger partial charge is 0.309 e. The zero-order valence-corrected chi connectivity index (χ0v) is 32.5. The topological polar surface area (TPSA) is 8.82 Å². The van der Waals surface area contributed by atoms with Crippen molar-refractivity contribution in [2.24, 2.45) is 0 Å². The standard InChI is InChI=1S/C55H34N2S/c1-2-47-43(31-37-29-36-19-13-24-42-40-20-9-11-25-48(40)56(37)53(36)42)44-32-45-41-21-10-12-26-50(41)58-55(45)52-46-30-35(27-28-49(46)57(47)54(44)52)51-38(33-15-5-3-6-16-33)22-14-23-39(51)34-17-7-4-8-18-34/h2-32H,1H3/b43-31-,47-2+. The molecule has 0 saturated carbocycles. The van der Waals surface area contributed by atoms with Crippen LogP contribution in [0, 0.1) is 0 Å². The summed E-state index contributed by atoms with van der Waals surface area (Å²) in [6.07, 6.45) is 4.76. The van der Waals surface area contributed by atoms with E-state index in [2.05, 4.69) is 204 Å². The van der Waals surface area contributed by atoms with E-state index >= 15 is 0 Å². The third-order valence-electron chi connectivity index (χ3n) is 12.6. The van der Waals surface area contributed by atoms with Gasteiger partial charge >= 0.3 is 0 Å². The number of hydrogen-bond acceptors (Lipinski definition) is 1. The third kappa shape index (κ3) is 4.26. The molecule has 270 valence electrons. The number of benzene rings is 8. The number of para-hydroxylation sites is 2. The Morgan fingerprint density at radius 2 is 1.14 bits per heavy atom. The minimum atomic E-state index is 1.20. The van der Waals surface area contributed by atoms with Crippen molar-refractivity contribution in [3.8, 4) is 33.4 Å². The average molecular weight is 755 g/mol. The molecule has 5 aromatic heterocycles. The molecule has 0 radical (unpaired) electrons. The summed E-state index contributed by atoms with van der Waals surface area (Å²) in [5.41, 5.74) is 13.7. The minimum absolute atomic E-state index is 1.20. The van der Waals surface area contributed by atoms with Crippen LogP contribution in [0.1, 0.15) is 12.6 Å². The first-order chi connectivity index (χ1) is 28.7. The highest BCUT2D eigenvalue weighted by Gasteiger charge is 2.23. The first-order valence-electron chi connectivity index (χ1n) is 20.1. The van der Waals surface area contributed by atoms with Gasteiger partial charge in [-0.1, -0.05) is 146 Å². The number of hydrogen-bond donors (Lipinski definition) is 0. The summed E-state index contributed by atoms with van der Waals surface area (Å²) < 4.78 is 7.69. The van der Waals surface area contributed by atoms with Gasteiger partial charge in [0.15, 0.2) is 0 Å². The van der Waals surface area contributed by atoms with Crippen molar-refractivity contribution in [2.45, 2.75) is 6.92 Å². The highest BCUT2D eigenvalue weighted by molar-refractivity contribution is 7.26. The zero-order chi connectivity index (χ0) is 38.1. The maximum atomic E-state index is 2.55. The Bertz CT molecular complexity index is 3840. The van der Waals surface area contributed by atoms with E-state index in [9.17, 15) is 0 Å². The van der Waals surface area contributed by atoms with E-state index in [4.69, 9.17) is 0 Å². The highest BCUT2D eigenvalue weighted by Crippen LogP contribution is 2.46. The van der Waals surface area contributed by atoms with E-state index in [0.717, 1.165) is 0 Å². The molecule has 0 aliphatic rings. The van der Waals surface area contributed by atoms with E-state index in [-0.39, 0.29) is 0 Å². The molecular weight excluding hydrogens is 721 g/mol. The molecule has 0 saturated heterocycles. The van der Waals surface area contributed by atoms with Gasteiger partial charge in [-0.05, 0) is 82.8 Å². The summed E-state index contributed by atoms with van der Waals surface area (Å²) in [5, 5.41) is 12.9. The van der Waals surface area contributed by atoms with Crippen LogP contribution >= 0.6 is 11.3 Å². The van der Waals surface area contributed by atoms with Gasteiger partial charge in [0.1, 0.15) is 0 Å². The fourth-order valence-electron chi connectivity index (χ4n) is 10.2. The number of rotatable bonds is 4. The number of fused-ring (bicyclic) bond motifs is 10. The van der Waals surface area contributed by atoms with Crippen molar-refractivity contribution in [3.63, 3.8) is 0 Å². The molecule has 13 aromatic rings. The molecule has 0 amide bonds. The summed E-state index contributed by atoms with van der Waals surface area (Å²) in [7, 11) is 0. The fourth-order valence-corrected chi connectivity index (χ4v) is 11.4. The molecule has 2 nitrogen and oxygen atoms in total. The quantitative estimate of drug-likeness (QED) is 0.169. The van der Waals surface area contributed by atoms with Crippen molar-refractivity contribution < 1.29 is 0 Å². The van der Waals surface area contributed by atoms with Crippen LogP contribution in [0.4, 0.5) is 0 Å². The molecule has 3 heteroatoms. The molecule has 0 bridgehead atoms. The maximum Gasteiger partial charge on any atom is 0.0635 e. The second-order valence-corrected chi connectivity index (χ2v) is 16.6. The molecule has 13 rings (SSSR count). The smallest absolute Gasteiger partial charge is 0.0635 e. The molecule has 8 aromatic carbocycles. The van der Waals surface area contributed by atoms with Gasteiger partial charge in [0.25, 0.3) is 0 Å². The van der Waals surface area contributed by atoms with E-state index in [1.165, 1.54) is 124 Å². The highest BCUT2D eigenvalue weighted by atomic mass is 32.1. The van der Waals surface area contributed by atoms with Crippen LogP contribution in [0.25, 0.3) is 120 Å². The van der Waals surface area contributed by atoms with Crippen molar-refractivity contribution in [3.05, 3.63) is 192 Å². The van der Waals surface area contributed by atoms with Gasteiger partial charge in [0.05, 0.1) is 22.1 Å². The van der Waals surface area contributed by atoms with Crippen molar-refractivity contribution >= 4 is 98.0 Å². The Hall–Kier alpha value is -7.20. The van der Waals surface area contributed by atoms with Gasteiger partial charge in [-0.15, -0.1) is 11.3 Å². The number of nitrogens with zero attached hydrogens (tertiary/aromatic N) is 2. The van der Waals surface area contributed by atoms with Gasteiger partial charge in [-0.2, -0.15) is 0 Å². The number of thiophene rings is 1. The Morgan fingerprint density at radius 3 is 1.91 bits per heavy atom. The molecule has 0 aliphatic carbocycles. The number of aromatic nitrogens is 2. The van der Waals surface area contributed by atoms with Gasteiger partial charge in [0.2, 0.25) is 0 Å². The summed E-state index contributed by atoms with van der Waals surface area (Å²) in [6.45, 7) is 2.20. The molecule has 58 heavy (non-hydrogen) atoms. The predicted molar refractivity (Wildman–Crippen MR) is 249 cm³/mol. The lowest BCUT2D eigenvalue weighted by Crippen LogP contribution is -2.25. The van der Waals surface area contributed by atoms with Crippen LogP contribution < -0.4 is 10.6 Å². The lowest BCUT2D eigenvalue weighted by atomic mass is 9.87. The first-order valence-corrected chi connectivity index (χ1v) is 20.9. The summed E-state index contributed by atoms with van der Waals surface area (Å²) in [4.78, 5) is 0. The Labute approximate surface area is 337 Å². The molecule has 0 spiro atoms. The van der Waals surface area contributed by atoms with E-state index < -0.39 is 0 Å². The Kier molecular flexibility index (Phi) is 6.56. The first kappa shape index (κ1) is 31.9. The molecule has 5 heterocycles. The van der Waals surface area contributed by atoms with Crippen LogP contribution in [0.2, 0.25) is 0 Å². The van der Waals surface area contributed by atoms with Crippen LogP contribution in [0.3, 0.4) is 0 Å². The van der Waals surface area contributed by atoms with Crippen molar-refractivity contribution in [2.75, 3.05) is 0 Å². The van der Waals surface area contributed by atoms with E-state index in [1.807, 2.05) is 11.3 Å². The van der Waals surface area contributed by atoms with Crippen molar-refractivity contribution in [1.29, 1.82) is 0 Å². The molecule has 0 fully saturated rings. The normalized spacial score (nSPS) is 13.1. The minimum Gasteiger partial charge on any atom is -0.309 e. The summed E-state index contributed by atoms with van der Waals surface area (Å²) in [6, 6.07) is 65.0. The lowest BCUT2D eigenvalue weighted by Gasteiger charge is -2.16. The molecule has 0 atom stereocenters. The second kappa shape index (κ2) is 11.9. The molecule has 0 N–H and O–H groups in total. The third-order valence-corrected chi connectivity index (χ3v) is 13.8. The zero-order valence-electron chi connectivity index (χ0n) is 31.7. The lowest BCUT2D eigenvalue weighted by molar-refractivity contribution is 1.21. The van der Waals surface area contributed by atoms with Crippen LogP contribution in [0.5, 0.6) is 0 Å². The van der Waals surface area contributed by atoms with Crippen LogP contribution in [-0.4, -0.2) is 8.80 Å². The average Bonchev–Trinajstić information content (AvgIpc) is 4.08. The van der Waals surface area contributed by atoms with Crippen LogP contribution in [-0.2, 0) is 0 Å². The van der Waals surface area contributed by atoms with Crippen molar-refractivity contribution in [1.82, 2.24) is 8.80 Å². The van der Waals surface area contributed by atoms with E-state index in [1.54, 1.807) is 0 Å². The van der Waals surface area contributed by atoms with Gasteiger partial charge in [0, 0.05) is 68.8 Å². The maximum absolute atomic E-state index is 2.55.